The molecular formula is C15H21N3OS. The lowest BCUT2D eigenvalue weighted by atomic mass is 10.0. The third-order valence-corrected chi connectivity index (χ3v) is 4.16. The molecule has 2 aromatic rings. The molecule has 1 N–H and O–H groups in total. The normalized spacial score (nSPS) is 12.3. The maximum absolute atomic E-state index is 5.29. The molecule has 1 aromatic heterocycles. The minimum atomic E-state index is 0.266. The molecule has 0 aliphatic carbocycles. The quantitative estimate of drug-likeness (QED) is 0.851. The molecule has 5 heteroatoms. The van der Waals surface area contributed by atoms with E-state index in [0.717, 1.165) is 30.8 Å². The first-order valence-electron chi connectivity index (χ1n) is 6.89. The highest BCUT2D eigenvalue weighted by atomic mass is 32.1. The van der Waals surface area contributed by atoms with Crippen LogP contribution in [0.2, 0.25) is 0 Å². The van der Waals surface area contributed by atoms with Crippen LogP contribution >= 0.6 is 11.5 Å². The van der Waals surface area contributed by atoms with Gasteiger partial charge in [-0.15, -0.1) is 5.10 Å². The maximum Gasteiger partial charge on any atom is 0.119 e. The summed E-state index contributed by atoms with van der Waals surface area (Å²) in [6.07, 6.45) is 2.03. The van der Waals surface area contributed by atoms with Crippen LogP contribution in [0, 0.1) is 6.92 Å². The zero-order valence-electron chi connectivity index (χ0n) is 12.2. The Labute approximate surface area is 124 Å². The third kappa shape index (κ3) is 3.77. The van der Waals surface area contributed by atoms with Crippen LogP contribution in [-0.4, -0.2) is 23.2 Å². The molecule has 2 rings (SSSR count). The summed E-state index contributed by atoms with van der Waals surface area (Å²) in [5.74, 6) is 0.899. The van der Waals surface area contributed by atoms with Gasteiger partial charge in [-0.25, -0.2) is 0 Å². The van der Waals surface area contributed by atoms with E-state index in [4.69, 9.17) is 4.74 Å². The standard InChI is InChI=1S/C15H21N3OS/c1-4-8-16-14(15-11(2)17-18-20-15)10-12-6-5-7-13(9-12)19-3/h5-7,9,14,16H,4,8,10H2,1-3H3. The number of rotatable bonds is 7. The first-order valence-corrected chi connectivity index (χ1v) is 7.67. The van der Waals surface area contributed by atoms with E-state index in [0.29, 0.717) is 0 Å². The smallest absolute Gasteiger partial charge is 0.119 e. The van der Waals surface area contributed by atoms with E-state index in [1.165, 1.54) is 22.0 Å². The van der Waals surface area contributed by atoms with Crippen molar-refractivity contribution in [2.45, 2.75) is 32.7 Å². The molecule has 0 spiro atoms. The van der Waals surface area contributed by atoms with Gasteiger partial charge < -0.3 is 10.1 Å². The van der Waals surface area contributed by atoms with E-state index in [-0.39, 0.29) is 6.04 Å². The molecule has 0 saturated carbocycles. The minimum absolute atomic E-state index is 0.266. The molecule has 0 fully saturated rings. The Hall–Kier alpha value is -1.46. The van der Waals surface area contributed by atoms with Crippen molar-refractivity contribution in [3.63, 3.8) is 0 Å². The van der Waals surface area contributed by atoms with Crippen molar-refractivity contribution in [2.75, 3.05) is 13.7 Å². The highest BCUT2D eigenvalue weighted by Gasteiger charge is 2.17. The molecular weight excluding hydrogens is 270 g/mol. The van der Waals surface area contributed by atoms with Crippen molar-refractivity contribution in [3.8, 4) is 5.75 Å². The summed E-state index contributed by atoms with van der Waals surface area (Å²) in [6.45, 7) is 5.18. The largest absolute Gasteiger partial charge is 0.497 e. The van der Waals surface area contributed by atoms with Gasteiger partial charge in [-0.3, -0.25) is 0 Å². The van der Waals surface area contributed by atoms with Crippen molar-refractivity contribution in [1.29, 1.82) is 0 Å². The first-order chi connectivity index (χ1) is 9.74. The van der Waals surface area contributed by atoms with E-state index in [2.05, 4.69) is 34.0 Å². The maximum atomic E-state index is 5.29. The SMILES string of the molecule is CCCNC(Cc1cccc(OC)c1)c1snnc1C. The van der Waals surface area contributed by atoms with Crippen molar-refractivity contribution >= 4 is 11.5 Å². The van der Waals surface area contributed by atoms with Gasteiger partial charge in [-0.1, -0.05) is 23.5 Å². The predicted molar refractivity (Wildman–Crippen MR) is 82.4 cm³/mol. The van der Waals surface area contributed by atoms with Gasteiger partial charge >= 0.3 is 0 Å². The number of nitrogens with zero attached hydrogens (tertiary/aromatic N) is 2. The van der Waals surface area contributed by atoms with E-state index in [1.807, 2.05) is 19.1 Å². The Balaban J connectivity index is 2.17. The molecule has 20 heavy (non-hydrogen) atoms. The fourth-order valence-corrected chi connectivity index (χ4v) is 2.89. The number of benzene rings is 1. The molecule has 1 unspecified atom stereocenters. The van der Waals surface area contributed by atoms with Crippen molar-refractivity contribution < 1.29 is 4.74 Å². The number of nitrogens with one attached hydrogen (secondary N) is 1. The molecule has 1 heterocycles. The number of hydrogen-bond donors (Lipinski definition) is 1. The summed E-state index contributed by atoms with van der Waals surface area (Å²) in [7, 11) is 1.70. The third-order valence-electron chi connectivity index (χ3n) is 3.22. The average molecular weight is 291 g/mol. The van der Waals surface area contributed by atoms with E-state index >= 15 is 0 Å². The lowest BCUT2D eigenvalue weighted by Crippen LogP contribution is -2.24. The zero-order chi connectivity index (χ0) is 14.4. The number of aromatic nitrogens is 2. The van der Waals surface area contributed by atoms with Gasteiger partial charge in [0.2, 0.25) is 0 Å². The van der Waals surface area contributed by atoms with Crippen LogP contribution in [0.5, 0.6) is 5.75 Å². The summed E-state index contributed by atoms with van der Waals surface area (Å²) in [5, 5.41) is 7.71. The number of hydrogen-bond acceptors (Lipinski definition) is 5. The summed E-state index contributed by atoms with van der Waals surface area (Å²) in [6, 6.07) is 8.49. The van der Waals surface area contributed by atoms with Crippen LogP contribution in [0.4, 0.5) is 0 Å². The fraction of sp³-hybridized carbons (Fsp3) is 0.467. The van der Waals surface area contributed by atoms with Crippen molar-refractivity contribution in [3.05, 3.63) is 40.4 Å². The first kappa shape index (κ1) is 14.9. The second kappa shape index (κ2) is 7.36. The van der Waals surface area contributed by atoms with Crippen LogP contribution in [-0.2, 0) is 6.42 Å². The molecule has 4 nitrogen and oxygen atoms in total. The molecule has 0 radical (unpaired) electrons. The molecule has 0 aliphatic heterocycles. The van der Waals surface area contributed by atoms with E-state index < -0.39 is 0 Å². The molecule has 0 aliphatic rings. The highest BCUT2D eigenvalue weighted by Crippen LogP contribution is 2.25. The molecule has 0 amide bonds. The zero-order valence-corrected chi connectivity index (χ0v) is 13.0. The van der Waals surface area contributed by atoms with Crippen LogP contribution in [0.15, 0.2) is 24.3 Å². The number of methoxy groups -OCH3 is 1. The van der Waals surface area contributed by atoms with Crippen LogP contribution in [0.1, 0.15) is 35.5 Å². The fourth-order valence-electron chi connectivity index (χ4n) is 2.17. The molecule has 1 atom stereocenters. The summed E-state index contributed by atoms with van der Waals surface area (Å²) in [4.78, 5) is 1.22. The van der Waals surface area contributed by atoms with E-state index in [9.17, 15) is 0 Å². The number of ether oxygens (including phenoxy) is 1. The van der Waals surface area contributed by atoms with Gasteiger partial charge in [-0.2, -0.15) is 0 Å². The Morgan fingerprint density at radius 3 is 2.90 bits per heavy atom. The Kier molecular flexibility index (Phi) is 5.49. The molecule has 108 valence electrons. The monoisotopic (exact) mass is 291 g/mol. The average Bonchev–Trinajstić information content (AvgIpc) is 2.90. The summed E-state index contributed by atoms with van der Waals surface area (Å²) < 4.78 is 9.34. The Morgan fingerprint density at radius 1 is 1.40 bits per heavy atom. The minimum Gasteiger partial charge on any atom is -0.497 e. The van der Waals surface area contributed by atoms with Crippen molar-refractivity contribution in [1.82, 2.24) is 14.9 Å². The predicted octanol–water partition coefficient (Wildman–Crippen LogP) is 3.14. The molecule has 1 aromatic carbocycles. The lowest BCUT2D eigenvalue weighted by molar-refractivity contribution is 0.414. The van der Waals surface area contributed by atoms with Crippen LogP contribution in [0.25, 0.3) is 0 Å². The molecule has 0 bridgehead atoms. The van der Waals surface area contributed by atoms with Gasteiger partial charge in [0, 0.05) is 6.04 Å². The van der Waals surface area contributed by atoms with Gasteiger partial charge in [0.15, 0.2) is 0 Å². The van der Waals surface area contributed by atoms with Crippen LogP contribution < -0.4 is 10.1 Å². The van der Waals surface area contributed by atoms with Gasteiger partial charge in [0.25, 0.3) is 0 Å². The second-order valence-corrected chi connectivity index (χ2v) is 5.57. The summed E-state index contributed by atoms with van der Waals surface area (Å²) >= 11 is 1.48. The lowest BCUT2D eigenvalue weighted by Gasteiger charge is -2.17. The summed E-state index contributed by atoms with van der Waals surface area (Å²) in [5.41, 5.74) is 2.28. The topological polar surface area (TPSA) is 47.0 Å². The Bertz CT molecular complexity index is 541. The van der Waals surface area contributed by atoms with E-state index in [1.54, 1.807) is 7.11 Å². The molecule has 0 saturated heterocycles. The van der Waals surface area contributed by atoms with Crippen molar-refractivity contribution in [2.24, 2.45) is 0 Å². The van der Waals surface area contributed by atoms with Gasteiger partial charge in [-0.05, 0) is 55.5 Å². The van der Waals surface area contributed by atoms with Gasteiger partial charge in [0.1, 0.15) is 5.75 Å². The Morgan fingerprint density at radius 2 is 2.25 bits per heavy atom. The number of aryl methyl sites for hydroxylation is 1. The van der Waals surface area contributed by atoms with Crippen LogP contribution in [0.3, 0.4) is 0 Å². The highest BCUT2D eigenvalue weighted by molar-refractivity contribution is 7.05. The second-order valence-electron chi connectivity index (χ2n) is 4.78. The van der Waals surface area contributed by atoms with Gasteiger partial charge in [0.05, 0.1) is 17.7 Å².